The van der Waals surface area contributed by atoms with Gasteiger partial charge in [0.1, 0.15) is 5.41 Å². The van der Waals surface area contributed by atoms with Crippen molar-refractivity contribution < 1.29 is 39.1 Å². The zero-order chi connectivity index (χ0) is 14.6. The molecule has 0 aromatic heterocycles. The molecule has 1 heterocycles. The summed E-state index contributed by atoms with van der Waals surface area (Å²) in [5, 5.41) is 0.0846. The van der Waals surface area contributed by atoms with Gasteiger partial charge in [-0.1, -0.05) is 26.3 Å². The minimum Gasteiger partial charge on any atom is -0.742 e. The van der Waals surface area contributed by atoms with Crippen LogP contribution in [0.15, 0.2) is 17.6 Å². The smallest absolute Gasteiger partial charge is 0.742 e. The molecule has 0 saturated heterocycles. The second-order valence-corrected chi connectivity index (χ2v) is 5.41. The normalized spacial score (nSPS) is 23.9. The van der Waals surface area contributed by atoms with E-state index in [-0.39, 0.29) is 46.6 Å². The molecule has 2 amide bonds. The Morgan fingerprint density at radius 3 is 2.50 bits per heavy atom. The Hall–Kier alpha value is -0.230. The summed E-state index contributed by atoms with van der Waals surface area (Å²) < 4.78 is 0. The Labute approximate surface area is 148 Å². The molecule has 0 radical (unpaired) electrons. The number of amidine groups is 1. The monoisotopic (exact) mass is 304 g/mol. The molecular weight excluding hydrogens is 283 g/mol. The molecule has 0 spiro atoms. The maximum atomic E-state index is 12.7. The van der Waals surface area contributed by atoms with E-state index in [1.165, 1.54) is 4.90 Å². The van der Waals surface area contributed by atoms with Gasteiger partial charge in [-0.05, 0) is 30.9 Å². The van der Waals surface area contributed by atoms with Crippen molar-refractivity contribution in [2.75, 3.05) is 6.54 Å². The van der Waals surface area contributed by atoms with E-state index in [1.54, 1.807) is 6.08 Å². The summed E-state index contributed by atoms with van der Waals surface area (Å²) in [7, 11) is 0. The molecule has 1 aliphatic rings. The number of carbonyl (C=O) groups is 2. The van der Waals surface area contributed by atoms with E-state index in [0.717, 1.165) is 6.42 Å². The Kier molecular flexibility index (Phi) is 8.18. The fraction of sp³-hybridized carbons (Fsp3) is 0.643. The van der Waals surface area contributed by atoms with Crippen molar-refractivity contribution in [2.45, 2.75) is 40.0 Å². The minimum absolute atomic E-state index is 0. The van der Waals surface area contributed by atoms with Gasteiger partial charge in [0.05, 0.1) is 0 Å². The van der Waals surface area contributed by atoms with Crippen molar-refractivity contribution in [3.8, 4) is 0 Å². The first-order chi connectivity index (χ1) is 8.92. The molecule has 0 aromatic rings. The van der Waals surface area contributed by atoms with Crippen LogP contribution in [-0.2, 0) is 22.2 Å². The molecule has 1 rings (SSSR count). The van der Waals surface area contributed by atoms with Crippen LogP contribution in [0.5, 0.6) is 0 Å². The van der Waals surface area contributed by atoms with Gasteiger partial charge >= 0.3 is 29.6 Å². The van der Waals surface area contributed by atoms with E-state index < -0.39 is 11.3 Å². The summed E-state index contributed by atoms with van der Waals surface area (Å²) >= 11 is 5.00. The van der Waals surface area contributed by atoms with Gasteiger partial charge in [-0.15, -0.1) is 6.58 Å². The van der Waals surface area contributed by atoms with E-state index in [2.05, 4.69) is 11.6 Å². The Morgan fingerprint density at radius 2 is 2.05 bits per heavy atom. The summed E-state index contributed by atoms with van der Waals surface area (Å²) in [6.07, 6.45) is 3.35. The third kappa shape index (κ3) is 3.70. The number of carbonyl (C=O) groups excluding carboxylic acids is 2. The number of allylic oxidation sites excluding steroid dienone is 1. The largest absolute Gasteiger partial charge is 1.00 e. The van der Waals surface area contributed by atoms with Crippen LogP contribution in [0.3, 0.4) is 0 Å². The van der Waals surface area contributed by atoms with Gasteiger partial charge in [-0.3, -0.25) is 9.59 Å². The topological polar surface area (TPSA) is 49.7 Å². The van der Waals surface area contributed by atoms with Gasteiger partial charge in [0.15, 0.2) is 0 Å². The van der Waals surface area contributed by atoms with Crippen molar-refractivity contribution in [1.29, 1.82) is 0 Å². The molecule has 4 nitrogen and oxygen atoms in total. The van der Waals surface area contributed by atoms with Crippen molar-refractivity contribution in [1.82, 2.24) is 4.90 Å². The Balaban J connectivity index is 0.00000361. The number of amides is 2. The van der Waals surface area contributed by atoms with E-state index >= 15 is 0 Å². The van der Waals surface area contributed by atoms with Crippen LogP contribution in [-0.4, -0.2) is 28.4 Å². The first-order valence-corrected chi connectivity index (χ1v) is 7.06. The zero-order valence-electron chi connectivity index (χ0n) is 12.8. The molecule has 20 heavy (non-hydrogen) atoms. The number of hydrogen-bond acceptors (Lipinski definition) is 3. The SMILES string of the molecule is C=CCC1(CC(C)CC)C(=O)N=C([S-])N(CC)C1=O.[Na+]. The summed E-state index contributed by atoms with van der Waals surface area (Å²) in [4.78, 5) is 30.3. The van der Waals surface area contributed by atoms with Crippen molar-refractivity contribution in [2.24, 2.45) is 16.3 Å². The average molecular weight is 304 g/mol. The van der Waals surface area contributed by atoms with Gasteiger partial charge in [0, 0.05) is 6.54 Å². The first kappa shape index (κ1) is 19.8. The molecule has 0 bridgehead atoms. The van der Waals surface area contributed by atoms with Gasteiger partial charge in [0.25, 0.3) is 5.91 Å². The number of rotatable bonds is 6. The number of nitrogens with zero attached hydrogens (tertiary/aromatic N) is 2. The van der Waals surface area contributed by atoms with Crippen LogP contribution >= 0.6 is 0 Å². The Morgan fingerprint density at radius 1 is 1.45 bits per heavy atom. The molecule has 2 unspecified atom stereocenters. The van der Waals surface area contributed by atoms with Crippen LogP contribution < -0.4 is 29.6 Å². The maximum Gasteiger partial charge on any atom is 1.00 e. The summed E-state index contributed by atoms with van der Waals surface area (Å²) in [5.74, 6) is -0.360. The van der Waals surface area contributed by atoms with E-state index in [4.69, 9.17) is 12.6 Å². The molecular formula is C14H21N2NaO2S. The molecule has 2 atom stereocenters. The van der Waals surface area contributed by atoms with E-state index in [0.29, 0.717) is 19.4 Å². The van der Waals surface area contributed by atoms with Crippen LogP contribution in [0, 0.1) is 11.3 Å². The molecule has 0 N–H and O–H groups in total. The first-order valence-electron chi connectivity index (χ1n) is 6.65. The van der Waals surface area contributed by atoms with Gasteiger partial charge in [-0.2, -0.15) is 0 Å². The Bertz CT molecular complexity index is 425. The maximum absolute atomic E-state index is 12.7. The standard InChI is InChI=1S/C14H22N2O2S.Na/c1-5-8-14(9-10(4)6-2)11(17)15-13(19)16(7-3)12(14)18;/h5,10H,1,6-9H2,2-4H3,(H,15,17,19);/q;+1/p-1. The second-order valence-electron chi connectivity index (χ2n) is 5.04. The second kappa shape index (κ2) is 8.27. The molecule has 6 heteroatoms. The quantitative estimate of drug-likeness (QED) is 0.282. The van der Waals surface area contributed by atoms with Crippen molar-refractivity contribution in [3.63, 3.8) is 0 Å². The van der Waals surface area contributed by atoms with Gasteiger partial charge < -0.3 is 17.5 Å². The average Bonchev–Trinajstić information content (AvgIpc) is 2.36. The predicted molar refractivity (Wildman–Crippen MR) is 78.5 cm³/mol. The van der Waals surface area contributed by atoms with Gasteiger partial charge in [-0.25, -0.2) is 4.99 Å². The van der Waals surface area contributed by atoms with Crippen LogP contribution in [0.2, 0.25) is 0 Å². The molecule has 0 aliphatic carbocycles. The van der Waals surface area contributed by atoms with Crippen LogP contribution in [0.4, 0.5) is 0 Å². The van der Waals surface area contributed by atoms with E-state index in [9.17, 15) is 9.59 Å². The number of hydrogen-bond donors (Lipinski definition) is 0. The van der Waals surface area contributed by atoms with Crippen LogP contribution in [0.25, 0.3) is 0 Å². The zero-order valence-corrected chi connectivity index (χ0v) is 15.6. The summed E-state index contributed by atoms with van der Waals surface area (Å²) in [6, 6.07) is 0. The van der Waals surface area contributed by atoms with Gasteiger partial charge in [0.2, 0.25) is 5.91 Å². The molecule has 0 saturated carbocycles. The predicted octanol–water partition coefficient (Wildman–Crippen LogP) is -0.719. The fourth-order valence-corrected chi connectivity index (χ4v) is 2.68. The molecule has 0 aromatic carbocycles. The third-order valence-corrected chi connectivity index (χ3v) is 4.01. The summed E-state index contributed by atoms with van der Waals surface area (Å²) in [6.45, 7) is 10.0. The minimum atomic E-state index is -1.10. The number of aliphatic imine (C=N–C) groups is 1. The van der Waals surface area contributed by atoms with Crippen molar-refractivity contribution in [3.05, 3.63) is 12.7 Å². The molecule has 106 valence electrons. The fourth-order valence-electron chi connectivity index (χ4n) is 2.39. The third-order valence-electron chi connectivity index (χ3n) is 3.69. The van der Waals surface area contributed by atoms with E-state index in [1.807, 2.05) is 20.8 Å². The molecule has 1 aliphatic heterocycles. The van der Waals surface area contributed by atoms with Crippen molar-refractivity contribution >= 4 is 29.6 Å². The molecule has 0 fully saturated rings. The van der Waals surface area contributed by atoms with Crippen LogP contribution in [0.1, 0.15) is 40.0 Å². The summed E-state index contributed by atoms with van der Waals surface area (Å²) in [5.41, 5.74) is -1.10.